The van der Waals surface area contributed by atoms with Crippen LogP contribution in [-0.2, 0) is 13.1 Å². The van der Waals surface area contributed by atoms with E-state index in [4.69, 9.17) is 4.99 Å². The molecule has 0 atom stereocenters. The number of nitrogens with zero attached hydrogens (tertiary/aromatic N) is 3. The number of aliphatic imine (C=N–C) groups is 1. The molecule has 0 aromatic heterocycles. The highest BCUT2D eigenvalue weighted by atomic mass is 127. The lowest BCUT2D eigenvalue weighted by Crippen LogP contribution is -2.39. The summed E-state index contributed by atoms with van der Waals surface area (Å²) in [5.41, 5.74) is 2.68. The Hall–Kier alpha value is -0.820. The predicted molar refractivity (Wildman–Crippen MR) is 114 cm³/mol. The summed E-state index contributed by atoms with van der Waals surface area (Å²) in [6.07, 6.45) is 2.56. The highest BCUT2D eigenvalue weighted by molar-refractivity contribution is 14.0. The van der Waals surface area contributed by atoms with Crippen molar-refractivity contribution in [3.63, 3.8) is 0 Å². The van der Waals surface area contributed by atoms with E-state index >= 15 is 0 Å². The summed E-state index contributed by atoms with van der Waals surface area (Å²) in [6.45, 7) is 13.7. The zero-order chi connectivity index (χ0) is 16.5. The second-order valence-electron chi connectivity index (χ2n) is 6.15. The van der Waals surface area contributed by atoms with Gasteiger partial charge in [0, 0.05) is 26.2 Å². The van der Waals surface area contributed by atoms with Crippen LogP contribution in [0.25, 0.3) is 0 Å². The monoisotopic (exact) mass is 444 g/mol. The summed E-state index contributed by atoms with van der Waals surface area (Å²) >= 11 is 0. The van der Waals surface area contributed by atoms with Crippen LogP contribution in [0.3, 0.4) is 0 Å². The molecule has 1 aliphatic heterocycles. The highest BCUT2D eigenvalue weighted by Gasteiger charge is 2.15. The van der Waals surface area contributed by atoms with E-state index < -0.39 is 0 Å². The Morgan fingerprint density at radius 2 is 1.79 bits per heavy atom. The molecule has 1 heterocycles. The van der Waals surface area contributed by atoms with Gasteiger partial charge in [-0.05, 0) is 44.0 Å². The molecule has 1 aromatic carbocycles. The zero-order valence-electron chi connectivity index (χ0n) is 15.4. The van der Waals surface area contributed by atoms with Crippen LogP contribution in [-0.4, -0.2) is 48.5 Å². The van der Waals surface area contributed by atoms with Crippen LogP contribution in [0.5, 0.6) is 0 Å². The van der Waals surface area contributed by atoms with Gasteiger partial charge in [-0.3, -0.25) is 4.90 Å². The van der Waals surface area contributed by atoms with Gasteiger partial charge in [0.1, 0.15) is 0 Å². The number of rotatable bonds is 7. The number of benzene rings is 1. The molecule has 1 fully saturated rings. The third kappa shape index (κ3) is 6.59. The minimum atomic E-state index is 0. The molecule has 1 aliphatic rings. The average Bonchev–Trinajstić information content (AvgIpc) is 3.11. The fraction of sp³-hybridized carbons (Fsp3) is 0.632. The first kappa shape index (κ1) is 21.2. The van der Waals surface area contributed by atoms with Gasteiger partial charge in [-0.15, -0.1) is 24.0 Å². The summed E-state index contributed by atoms with van der Waals surface area (Å²) in [7, 11) is 0. The van der Waals surface area contributed by atoms with Gasteiger partial charge in [-0.1, -0.05) is 38.1 Å². The van der Waals surface area contributed by atoms with Crippen LogP contribution in [0.2, 0.25) is 0 Å². The van der Waals surface area contributed by atoms with Crippen molar-refractivity contribution >= 4 is 29.9 Å². The maximum absolute atomic E-state index is 4.84. The van der Waals surface area contributed by atoms with Crippen molar-refractivity contribution in [1.29, 1.82) is 0 Å². The van der Waals surface area contributed by atoms with E-state index in [1.165, 1.54) is 24.0 Å². The van der Waals surface area contributed by atoms with Crippen molar-refractivity contribution in [2.45, 2.75) is 46.7 Å². The molecule has 0 spiro atoms. The summed E-state index contributed by atoms with van der Waals surface area (Å²) in [6, 6.07) is 8.86. The predicted octanol–water partition coefficient (Wildman–Crippen LogP) is 3.71. The molecule has 0 radical (unpaired) electrons. The molecule has 0 amide bonds. The Morgan fingerprint density at radius 1 is 1.12 bits per heavy atom. The van der Waals surface area contributed by atoms with Crippen molar-refractivity contribution in [3.05, 3.63) is 35.4 Å². The average molecular weight is 444 g/mol. The maximum atomic E-state index is 4.84. The molecule has 5 heteroatoms. The van der Waals surface area contributed by atoms with E-state index in [2.05, 4.69) is 60.2 Å². The SMILES string of the molecule is CCNC(=NCc1cccc(CN(CC)CC)c1)N1CCCC1.I. The Morgan fingerprint density at radius 3 is 2.42 bits per heavy atom. The molecule has 0 bridgehead atoms. The Labute approximate surface area is 164 Å². The van der Waals surface area contributed by atoms with Crippen LogP contribution in [0.1, 0.15) is 44.7 Å². The largest absolute Gasteiger partial charge is 0.357 e. The van der Waals surface area contributed by atoms with Crippen LogP contribution in [0.15, 0.2) is 29.3 Å². The molecular formula is C19H33IN4. The van der Waals surface area contributed by atoms with Gasteiger partial charge in [-0.2, -0.15) is 0 Å². The molecular weight excluding hydrogens is 411 g/mol. The third-order valence-electron chi connectivity index (χ3n) is 4.44. The summed E-state index contributed by atoms with van der Waals surface area (Å²) < 4.78 is 0. The van der Waals surface area contributed by atoms with E-state index in [-0.39, 0.29) is 24.0 Å². The lowest BCUT2D eigenvalue weighted by molar-refractivity contribution is 0.296. The number of nitrogens with one attached hydrogen (secondary N) is 1. The number of guanidine groups is 1. The third-order valence-corrected chi connectivity index (χ3v) is 4.44. The fourth-order valence-electron chi connectivity index (χ4n) is 3.05. The summed E-state index contributed by atoms with van der Waals surface area (Å²) in [5, 5.41) is 3.43. The number of halogens is 1. The summed E-state index contributed by atoms with van der Waals surface area (Å²) in [5.74, 6) is 1.07. The first-order valence-corrected chi connectivity index (χ1v) is 9.10. The Kier molecular flexibility index (Phi) is 10.3. The molecule has 0 saturated carbocycles. The highest BCUT2D eigenvalue weighted by Crippen LogP contribution is 2.11. The minimum absolute atomic E-state index is 0. The quantitative estimate of drug-likeness (QED) is 0.395. The Balaban J connectivity index is 0.00000288. The second kappa shape index (κ2) is 11.7. The smallest absolute Gasteiger partial charge is 0.194 e. The zero-order valence-corrected chi connectivity index (χ0v) is 17.8. The van der Waals surface area contributed by atoms with Crippen LogP contribution < -0.4 is 5.32 Å². The van der Waals surface area contributed by atoms with Crippen molar-refractivity contribution in [2.75, 3.05) is 32.7 Å². The van der Waals surface area contributed by atoms with Gasteiger partial charge in [-0.25, -0.2) is 4.99 Å². The number of hydrogen-bond donors (Lipinski definition) is 1. The number of hydrogen-bond acceptors (Lipinski definition) is 2. The molecule has 1 N–H and O–H groups in total. The van der Waals surface area contributed by atoms with Crippen LogP contribution in [0, 0.1) is 0 Å². The molecule has 0 aliphatic carbocycles. The molecule has 136 valence electrons. The van der Waals surface area contributed by atoms with Crippen molar-refractivity contribution in [2.24, 2.45) is 4.99 Å². The second-order valence-corrected chi connectivity index (χ2v) is 6.15. The lowest BCUT2D eigenvalue weighted by atomic mass is 10.1. The minimum Gasteiger partial charge on any atom is -0.357 e. The van der Waals surface area contributed by atoms with Crippen molar-refractivity contribution in [1.82, 2.24) is 15.1 Å². The molecule has 1 saturated heterocycles. The number of likely N-dealkylation sites (tertiary alicyclic amines) is 1. The van der Waals surface area contributed by atoms with E-state index in [9.17, 15) is 0 Å². The van der Waals surface area contributed by atoms with Gasteiger partial charge in [0.2, 0.25) is 0 Å². The molecule has 4 nitrogen and oxygen atoms in total. The van der Waals surface area contributed by atoms with E-state index in [0.717, 1.165) is 51.8 Å². The van der Waals surface area contributed by atoms with Crippen molar-refractivity contribution in [3.8, 4) is 0 Å². The van der Waals surface area contributed by atoms with Crippen LogP contribution >= 0.6 is 24.0 Å². The fourth-order valence-corrected chi connectivity index (χ4v) is 3.05. The first-order chi connectivity index (χ1) is 11.3. The lowest BCUT2D eigenvalue weighted by Gasteiger charge is -2.21. The molecule has 0 unspecified atom stereocenters. The molecule has 1 aromatic rings. The van der Waals surface area contributed by atoms with Crippen molar-refractivity contribution < 1.29 is 0 Å². The molecule has 24 heavy (non-hydrogen) atoms. The van der Waals surface area contributed by atoms with E-state index in [1.807, 2.05) is 0 Å². The Bertz CT molecular complexity index is 494. The van der Waals surface area contributed by atoms with Gasteiger partial charge in [0.05, 0.1) is 6.54 Å². The molecule has 2 rings (SSSR count). The van der Waals surface area contributed by atoms with Crippen LogP contribution in [0.4, 0.5) is 0 Å². The topological polar surface area (TPSA) is 30.9 Å². The normalized spacial score (nSPS) is 14.8. The first-order valence-electron chi connectivity index (χ1n) is 9.10. The van der Waals surface area contributed by atoms with E-state index in [0.29, 0.717) is 0 Å². The van der Waals surface area contributed by atoms with Gasteiger partial charge in [0.15, 0.2) is 5.96 Å². The standard InChI is InChI=1S/C19H32N4.HI/c1-4-20-19(23-12-7-8-13-23)21-15-17-10-9-11-18(14-17)16-22(5-2)6-3;/h9-11,14H,4-8,12-13,15-16H2,1-3H3,(H,20,21);1H. The maximum Gasteiger partial charge on any atom is 0.194 e. The van der Waals surface area contributed by atoms with Gasteiger partial charge in [0.25, 0.3) is 0 Å². The summed E-state index contributed by atoms with van der Waals surface area (Å²) in [4.78, 5) is 9.66. The van der Waals surface area contributed by atoms with Gasteiger partial charge < -0.3 is 10.2 Å². The van der Waals surface area contributed by atoms with E-state index in [1.54, 1.807) is 0 Å². The van der Waals surface area contributed by atoms with Gasteiger partial charge >= 0.3 is 0 Å².